The minimum atomic E-state index is 0.349. The van der Waals surface area contributed by atoms with Crippen molar-refractivity contribution in [1.82, 2.24) is 14.5 Å². The fraction of sp³-hybridized carbons (Fsp3) is 0.333. The highest BCUT2D eigenvalue weighted by Crippen LogP contribution is 2.46. The molecule has 1 aliphatic carbocycles. The van der Waals surface area contributed by atoms with E-state index < -0.39 is 0 Å². The Morgan fingerprint density at radius 1 is 1.28 bits per heavy atom. The molecule has 0 unspecified atom stereocenters. The standard InChI is InChI=1S/C18H18BrClN4O/c1-25-11-6-7-13(19)12(8-11)14-15-17(21)22-9-23-18(15)24(16(14)20)10-4-2-3-5-10/h6-10H,2-5H2,1H3,(H2,21,22,23). The summed E-state index contributed by atoms with van der Waals surface area (Å²) in [6, 6.07) is 6.15. The second kappa shape index (κ2) is 6.50. The average molecular weight is 422 g/mol. The molecule has 0 bridgehead atoms. The van der Waals surface area contributed by atoms with Crippen molar-refractivity contribution < 1.29 is 4.74 Å². The summed E-state index contributed by atoms with van der Waals surface area (Å²) in [5.41, 5.74) is 8.80. The summed E-state index contributed by atoms with van der Waals surface area (Å²) in [5.74, 6) is 1.19. The molecule has 0 aliphatic heterocycles. The predicted octanol–water partition coefficient (Wildman–Crippen LogP) is 5.22. The van der Waals surface area contributed by atoms with E-state index in [0.29, 0.717) is 17.0 Å². The van der Waals surface area contributed by atoms with Gasteiger partial charge in [-0.2, -0.15) is 0 Å². The number of ether oxygens (including phenoxy) is 1. The van der Waals surface area contributed by atoms with E-state index in [2.05, 4.69) is 30.5 Å². The summed E-state index contributed by atoms with van der Waals surface area (Å²) in [5, 5.41) is 1.46. The predicted molar refractivity (Wildman–Crippen MR) is 104 cm³/mol. The van der Waals surface area contributed by atoms with Crippen molar-refractivity contribution in [2.45, 2.75) is 31.7 Å². The van der Waals surface area contributed by atoms with E-state index in [1.165, 1.54) is 19.2 Å². The molecule has 0 spiro atoms. The lowest BCUT2D eigenvalue weighted by atomic mass is 10.1. The Labute approximate surface area is 159 Å². The molecular weight excluding hydrogens is 404 g/mol. The van der Waals surface area contributed by atoms with Crippen molar-refractivity contribution in [3.63, 3.8) is 0 Å². The van der Waals surface area contributed by atoms with Gasteiger partial charge in [0.05, 0.1) is 12.5 Å². The fourth-order valence-electron chi connectivity index (χ4n) is 3.69. The topological polar surface area (TPSA) is 66.0 Å². The molecule has 2 heterocycles. The number of fused-ring (bicyclic) bond motifs is 1. The molecule has 1 fully saturated rings. The van der Waals surface area contributed by atoms with Crippen LogP contribution in [0.2, 0.25) is 5.15 Å². The zero-order chi connectivity index (χ0) is 17.6. The molecule has 3 aromatic rings. The van der Waals surface area contributed by atoms with Gasteiger partial charge in [0.15, 0.2) is 0 Å². The first-order valence-corrected chi connectivity index (χ1v) is 9.42. The van der Waals surface area contributed by atoms with Gasteiger partial charge in [0.25, 0.3) is 0 Å². The van der Waals surface area contributed by atoms with Gasteiger partial charge in [-0.15, -0.1) is 0 Å². The molecule has 2 aromatic heterocycles. The van der Waals surface area contributed by atoms with E-state index in [9.17, 15) is 0 Å². The highest BCUT2D eigenvalue weighted by Gasteiger charge is 2.28. The summed E-state index contributed by atoms with van der Waals surface area (Å²) >= 11 is 10.5. The Kier molecular flexibility index (Phi) is 4.33. The van der Waals surface area contributed by atoms with E-state index in [-0.39, 0.29) is 0 Å². The van der Waals surface area contributed by atoms with E-state index in [4.69, 9.17) is 22.1 Å². The van der Waals surface area contributed by atoms with Gasteiger partial charge in [-0.1, -0.05) is 40.4 Å². The van der Waals surface area contributed by atoms with Crippen LogP contribution in [0, 0.1) is 0 Å². The molecule has 1 aliphatic rings. The molecule has 1 saturated carbocycles. The third kappa shape index (κ3) is 2.68. The molecule has 4 rings (SSSR count). The molecule has 0 atom stereocenters. The second-order valence-corrected chi connectivity index (χ2v) is 7.49. The van der Waals surface area contributed by atoms with Crippen molar-refractivity contribution in [3.05, 3.63) is 34.2 Å². The van der Waals surface area contributed by atoms with Gasteiger partial charge in [-0.05, 0) is 31.0 Å². The van der Waals surface area contributed by atoms with Crippen LogP contribution in [0.25, 0.3) is 22.2 Å². The highest BCUT2D eigenvalue weighted by molar-refractivity contribution is 9.10. The Balaban J connectivity index is 2.06. The van der Waals surface area contributed by atoms with Crippen LogP contribution >= 0.6 is 27.5 Å². The highest BCUT2D eigenvalue weighted by atomic mass is 79.9. The molecule has 130 valence electrons. The first-order chi connectivity index (χ1) is 12.1. The summed E-state index contributed by atoms with van der Waals surface area (Å²) in [4.78, 5) is 8.70. The Morgan fingerprint density at radius 3 is 2.76 bits per heavy atom. The first kappa shape index (κ1) is 16.7. The number of halogens is 2. The molecule has 1 aromatic carbocycles. The number of rotatable bonds is 3. The number of aromatic nitrogens is 3. The SMILES string of the molecule is COc1ccc(Br)c(-c2c(Cl)n(C3CCCC3)c3ncnc(N)c23)c1. The van der Waals surface area contributed by atoms with Gasteiger partial charge in [-0.25, -0.2) is 9.97 Å². The lowest BCUT2D eigenvalue weighted by Gasteiger charge is -2.14. The molecule has 0 amide bonds. The lowest BCUT2D eigenvalue weighted by Crippen LogP contribution is -2.05. The molecule has 0 saturated heterocycles. The Morgan fingerprint density at radius 2 is 2.04 bits per heavy atom. The zero-order valence-corrected chi connectivity index (χ0v) is 16.1. The van der Waals surface area contributed by atoms with Gasteiger partial charge >= 0.3 is 0 Å². The normalized spacial score (nSPS) is 15.2. The zero-order valence-electron chi connectivity index (χ0n) is 13.8. The smallest absolute Gasteiger partial charge is 0.147 e. The van der Waals surface area contributed by atoms with Crippen molar-refractivity contribution in [2.24, 2.45) is 0 Å². The third-order valence-electron chi connectivity index (χ3n) is 4.89. The summed E-state index contributed by atoms with van der Waals surface area (Å²) in [6.45, 7) is 0. The van der Waals surface area contributed by atoms with Crippen LogP contribution in [-0.4, -0.2) is 21.6 Å². The van der Waals surface area contributed by atoms with E-state index in [0.717, 1.165) is 45.2 Å². The second-order valence-electron chi connectivity index (χ2n) is 6.28. The summed E-state index contributed by atoms with van der Waals surface area (Å²) < 4.78 is 8.44. The molecule has 7 heteroatoms. The van der Waals surface area contributed by atoms with Crippen LogP contribution in [0.4, 0.5) is 5.82 Å². The number of anilines is 1. The number of hydrogen-bond donors (Lipinski definition) is 1. The lowest BCUT2D eigenvalue weighted by molar-refractivity contribution is 0.415. The first-order valence-electron chi connectivity index (χ1n) is 8.25. The average Bonchev–Trinajstić information content (AvgIpc) is 3.22. The van der Waals surface area contributed by atoms with Crippen molar-refractivity contribution in [3.8, 4) is 16.9 Å². The molecule has 25 heavy (non-hydrogen) atoms. The molecule has 0 radical (unpaired) electrons. The van der Waals surface area contributed by atoms with Crippen molar-refractivity contribution in [2.75, 3.05) is 12.8 Å². The number of hydrogen-bond acceptors (Lipinski definition) is 4. The number of nitrogens with two attached hydrogens (primary N) is 1. The largest absolute Gasteiger partial charge is 0.497 e. The van der Waals surface area contributed by atoms with Gasteiger partial charge in [0, 0.05) is 21.6 Å². The van der Waals surface area contributed by atoms with Crippen molar-refractivity contribution >= 4 is 44.4 Å². The maximum absolute atomic E-state index is 6.88. The number of benzene rings is 1. The van der Waals surface area contributed by atoms with Gasteiger partial charge in [0.1, 0.15) is 28.7 Å². The quantitative estimate of drug-likeness (QED) is 0.629. The van der Waals surface area contributed by atoms with E-state index in [1.54, 1.807) is 7.11 Å². The third-order valence-corrected chi connectivity index (χ3v) is 5.95. The Bertz CT molecular complexity index is 950. The number of nitrogen functional groups attached to an aromatic ring is 1. The minimum Gasteiger partial charge on any atom is -0.497 e. The maximum Gasteiger partial charge on any atom is 0.147 e. The molecule has 5 nitrogen and oxygen atoms in total. The molecular formula is C18H18BrClN4O. The number of methoxy groups -OCH3 is 1. The maximum atomic E-state index is 6.88. The van der Waals surface area contributed by atoms with Crippen molar-refractivity contribution in [1.29, 1.82) is 0 Å². The molecule has 2 N–H and O–H groups in total. The van der Waals surface area contributed by atoms with Gasteiger partial charge < -0.3 is 15.0 Å². The summed E-state index contributed by atoms with van der Waals surface area (Å²) in [7, 11) is 1.65. The van der Waals surface area contributed by atoms with Crippen LogP contribution in [0.5, 0.6) is 5.75 Å². The van der Waals surface area contributed by atoms with Gasteiger partial charge in [0.2, 0.25) is 0 Å². The van der Waals surface area contributed by atoms with Crippen LogP contribution in [0.15, 0.2) is 29.0 Å². The van der Waals surface area contributed by atoms with E-state index in [1.807, 2.05) is 18.2 Å². The minimum absolute atomic E-state index is 0.349. The van der Waals surface area contributed by atoms with Crippen LogP contribution in [0.3, 0.4) is 0 Å². The van der Waals surface area contributed by atoms with Crippen LogP contribution in [-0.2, 0) is 0 Å². The summed E-state index contributed by atoms with van der Waals surface area (Å²) in [6.07, 6.45) is 6.13. The Hall–Kier alpha value is -1.79. The fourth-order valence-corrected chi connectivity index (χ4v) is 4.55. The monoisotopic (exact) mass is 420 g/mol. The van der Waals surface area contributed by atoms with Gasteiger partial charge in [-0.3, -0.25) is 0 Å². The van der Waals surface area contributed by atoms with Crippen LogP contribution in [0.1, 0.15) is 31.7 Å². The number of nitrogens with zero attached hydrogens (tertiary/aromatic N) is 3. The van der Waals surface area contributed by atoms with E-state index >= 15 is 0 Å². The van der Waals surface area contributed by atoms with Crippen LogP contribution < -0.4 is 10.5 Å².